The normalized spacial score (nSPS) is 27.0. The van der Waals surface area contributed by atoms with E-state index < -0.39 is 0 Å². The van der Waals surface area contributed by atoms with Gasteiger partial charge in [0.15, 0.2) is 6.29 Å². The van der Waals surface area contributed by atoms with Gasteiger partial charge in [0.2, 0.25) is 0 Å². The van der Waals surface area contributed by atoms with E-state index in [4.69, 9.17) is 18.9 Å². The summed E-state index contributed by atoms with van der Waals surface area (Å²) < 4.78 is 23.0. The fourth-order valence-corrected chi connectivity index (χ4v) is 3.69. The lowest BCUT2D eigenvalue weighted by molar-refractivity contribution is -0.255. The molecule has 0 bridgehead atoms. The quantitative estimate of drug-likeness (QED) is 0.362. The summed E-state index contributed by atoms with van der Waals surface area (Å²) in [5.74, 6) is 0.846. The molecule has 0 N–H and O–H groups in total. The zero-order chi connectivity index (χ0) is 21.1. The third kappa shape index (κ3) is 8.45. The number of ether oxygens (including phenoxy) is 4. The summed E-state index contributed by atoms with van der Waals surface area (Å²) in [7, 11) is 0. The van der Waals surface area contributed by atoms with E-state index in [1.54, 1.807) is 0 Å². The first-order valence-corrected chi connectivity index (χ1v) is 11.0. The molecule has 5 atom stereocenters. The highest BCUT2D eigenvalue weighted by Crippen LogP contribution is 2.35. The lowest BCUT2D eigenvalue weighted by Crippen LogP contribution is -2.47. The van der Waals surface area contributed by atoms with Crippen molar-refractivity contribution in [2.24, 2.45) is 17.8 Å². The second-order valence-corrected chi connectivity index (χ2v) is 8.25. The minimum Gasteiger partial charge on any atom is -0.463 e. The van der Waals surface area contributed by atoms with Crippen LogP contribution in [0, 0.1) is 17.8 Å². The number of rotatable bonds is 12. The first-order chi connectivity index (χ1) is 14.0. The molecular formula is C24H38O5. The Hall–Kier alpha value is -1.43. The Kier molecular flexibility index (Phi) is 10.7. The van der Waals surface area contributed by atoms with E-state index >= 15 is 0 Å². The van der Waals surface area contributed by atoms with E-state index in [0.29, 0.717) is 37.6 Å². The molecule has 0 amide bonds. The molecule has 1 aliphatic rings. The number of esters is 1. The predicted molar refractivity (Wildman–Crippen MR) is 113 cm³/mol. The van der Waals surface area contributed by atoms with Gasteiger partial charge in [0.05, 0.1) is 12.7 Å². The van der Waals surface area contributed by atoms with Crippen molar-refractivity contribution >= 4 is 5.97 Å². The van der Waals surface area contributed by atoms with Gasteiger partial charge in [0.25, 0.3) is 0 Å². The standard InChI is InChI=1S/C24H38O5/c1-18-19(2)23(17-28-21(4)25)29-24(20(18)3)27-15-11-6-5-10-14-26-16-22-12-8-7-9-13-22/h7-9,12-13,18-20,23-24H,5-6,10-11,14-17H2,1-4H3/t18-,19?,20+,23?,24-/m1/s1. The van der Waals surface area contributed by atoms with Crippen molar-refractivity contribution in [2.75, 3.05) is 19.8 Å². The fraction of sp³-hybridized carbons (Fsp3) is 0.708. The molecule has 2 rings (SSSR count). The minimum atomic E-state index is -0.266. The van der Waals surface area contributed by atoms with Gasteiger partial charge in [-0.25, -0.2) is 0 Å². The maximum absolute atomic E-state index is 11.1. The van der Waals surface area contributed by atoms with Crippen molar-refractivity contribution in [3.8, 4) is 0 Å². The van der Waals surface area contributed by atoms with Crippen LogP contribution >= 0.6 is 0 Å². The summed E-state index contributed by atoms with van der Waals surface area (Å²) >= 11 is 0. The van der Waals surface area contributed by atoms with Crippen LogP contribution in [-0.4, -0.2) is 38.2 Å². The van der Waals surface area contributed by atoms with Gasteiger partial charge in [-0.3, -0.25) is 4.79 Å². The van der Waals surface area contributed by atoms with Crippen LogP contribution in [-0.2, 0) is 30.3 Å². The Balaban J connectivity index is 1.55. The average Bonchev–Trinajstić information content (AvgIpc) is 2.72. The number of unbranched alkanes of at least 4 members (excludes halogenated alkanes) is 3. The second kappa shape index (κ2) is 13.0. The maximum Gasteiger partial charge on any atom is 0.302 e. The molecule has 5 nitrogen and oxygen atoms in total. The van der Waals surface area contributed by atoms with Crippen LogP contribution < -0.4 is 0 Å². The van der Waals surface area contributed by atoms with Gasteiger partial charge < -0.3 is 18.9 Å². The first-order valence-electron chi connectivity index (χ1n) is 11.0. The molecule has 29 heavy (non-hydrogen) atoms. The zero-order valence-corrected chi connectivity index (χ0v) is 18.5. The van der Waals surface area contributed by atoms with Crippen molar-refractivity contribution in [2.45, 2.75) is 72.4 Å². The lowest BCUT2D eigenvalue weighted by Gasteiger charge is -2.43. The molecule has 1 heterocycles. The van der Waals surface area contributed by atoms with Gasteiger partial charge in [0.1, 0.15) is 6.61 Å². The topological polar surface area (TPSA) is 54.0 Å². The van der Waals surface area contributed by atoms with Crippen LogP contribution in [0.4, 0.5) is 0 Å². The predicted octanol–water partition coefficient (Wildman–Crippen LogP) is 4.98. The largest absolute Gasteiger partial charge is 0.463 e. The smallest absolute Gasteiger partial charge is 0.302 e. The summed E-state index contributed by atoms with van der Waals surface area (Å²) in [6.45, 7) is 10.5. The molecule has 1 saturated heterocycles. The molecule has 0 spiro atoms. The van der Waals surface area contributed by atoms with Crippen LogP contribution in [0.5, 0.6) is 0 Å². The highest BCUT2D eigenvalue weighted by atomic mass is 16.7. The van der Waals surface area contributed by atoms with E-state index in [-0.39, 0.29) is 18.4 Å². The van der Waals surface area contributed by atoms with Gasteiger partial charge in [0, 0.05) is 26.1 Å². The third-order valence-electron chi connectivity index (χ3n) is 6.01. The van der Waals surface area contributed by atoms with Crippen LogP contribution in [0.15, 0.2) is 30.3 Å². The van der Waals surface area contributed by atoms with Crippen molar-refractivity contribution in [3.05, 3.63) is 35.9 Å². The van der Waals surface area contributed by atoms with E-state index in [1.165, 1.54) is 12.5 Å². The second-order valence-electron chi connectivity index (χ2n) is 8.25. The van der Waals surface area contributed by atoms with Gasteiger partial charge in [-0.05, 0) is 30.2 Å². The fourth-order valence-electron chi connectivity index (χ4n) is 3.69. The van der Waals surface area contributed by atoms with E-state index in [9.17, 15) is 4.79 Å². The maximum atomic E-state index is 11.1. The molecule has 1 fully saturated rings. The molecular weight excluding hydrogens is 368 g/mol. The monoisotopic (exact) mass is 406 g/mol. The van der Waals surface area contributed by atoms with Crippen molar-refractivity contribution in [3.63, 3.8) is 0 Å². The molecule has 0 aromatic heterocycles. The Labute approximate surface area is 176 Å². The third-order valence-corrected chi connectivity index (χ3v) is 6.01. The van der Waals surface area contributed by atoms with Gasteiger partial charge >= 0.3 is 5.97 Å². The summed E-state index contributed by atoms with van der Waals surface area (Å²) in [6.07, 6.45) is 4.03. The van der Waals surface area contributed by atoms with Crippen LogP contribution in [0.25, 0.3) is 0 Å². The number of carbonyl (C=O) groups excluding carboxylic acids is 1. The molecule has 1 aliphatic heterocycles. The Morgan fingerprint density at radius 3 is 2.31 bits per heavy atom. The van der Waals surface area contributed by atoms with E-state index in [2.05, 4.69) is 32.9 Å². The Bertz CT molecular complexity index is 576. The molecule has 164 valence electrons. The highest BCUT2D eigenvalue weighted by Gasteiger charge is 2.39. The molecule has 1 aromatic rings. The van der Waals surface area contributed by atoms with Crippen molar-refractivity contribution in [1.29, 1.82) is 0 Å². The molecule has 0 radical (unpaired) electrons. The van der Waals surface area contributed by atoms with E-state index in [0.717, 1.165) is 32.3 Å². The van der Waals surface area contributed by atoms with Crippen molar-refractivity contribution in [1.82, 2.24) is 0 Å². The summed E-state index contributed by atoms with van der Waals surface area (Å²) in [5, 5.41) is 0. The SMILES string of the molecule is CC(=O)OCC1O[C@@H](OCCCCCCOCc2ccccc2)[C@@H](C)[C@H](C)C1C. The van der Waals surface area contributed by atoms with Crippen LogP contribution in [0.1, 0.15) is 58.9 Å². The zero-order valence-electron chi connectivity index (χ0n) is 18.5. The Morgan fingerprint density at radius 2 is 1.62 bits per heavy atom. The van der Waals surface area contributed by atoms with Crippen molar-refractivity contribution < 1.29 is 23.7 Å². The molecule has 0 saturated carbocycles. The average molecular weight is 407 g/mol. The van der Waals surface area contributed by atoms with Gasteiger partial charge in [-0.2, -0.15) is 0 Å². The molecule has 0 aliphatic carbocycles. The molecule has 1 aromatic carbocycles. The van der Waals surface area contributed by atoms with E-state index in [1.807, 2.05) is 18.2 Å². The first kappa shape index (κ1) is 23.8. The highest BCUT2D eigenvalue weighted by molar-refractivity contribution is 5.65. The van der Waals surface area contributed by atoms with Crippen LogP contribution in [0.2, 0.25) is 0 Å². The number of carbonyl (C=O) groups is 1. The summed E-state index contributed by atoms with van der Waals surface area (Å²) in [6, 6.07) is 10.3. The molecule has 2 unspecified atom stereocenters. The Morgan fingerprint density at radius 1 is 0.931 bits per heavy atom. The summed E-state index contributed by atoms with van der Waals surface area (Å²) in [4.78, 5) is 11.1. The lowest BCUT2D eigenvalue weighted by atomic mass is 9.79. The van der Waals surface area contributed by atoms with Gasteiger partial charge in [-0.1, -0.05) is 63.9 Å². The number of hydrogen-bond acceptors (Lipinski definition) is 5. The van der Waals surface area contributed by atoms with Gasteiger partial charge in [-0.15, -0.1) is 0 Å². The van der Waals surface area contributed by atoms with Crippen LogP contribution in [0.3, 0.4) is 0 Å². The minimum absolute atomic E-state index is 0.100. The summed E-state index contributed by atoms with van der Waals surface area (Å²) in [5.41, 5.74) is 1.22. The number of benzene rings is 1. The number of hydrogen-bond donors (Lipinski definition) is 0. The molecule has 5 heteroatoms.